The second-order valence-electron chi connectivity index (χ2n) is 5.42. The van der Waals surface area contributed by atoms with Gasteiger partial charge >= 0.3 is 0 Å². The van der Waals surface area contributed by atoms with Gasteiger partial charge in [0.1, 0.15) is 0 Å². The molecule has 2 aliphatic rings. The minimum atomic E-state index is -0.0779. The van der Waals surface area contributed by atoms with Crippen LogP contribution in [0, 0.1) is 0 Å². The zero-order valence-electron chi connectivity index (χ0n) is 11.2. The highest BCUT2D eigenvalue weighted by atomic mass is 16.2. The monoisotopic (exact) mass is 260 g/mol. The van der Waals surface area contributed by atoms with E-state index in [-0.39, 0.29) is 11.9 Å². The Bertz CT molecular complexity index is 494. The number of hydrogen-bond acceptors (Lipinski definition) is 4. The predicted octanol–water partition coefficient (Wildman–Crippen LogP) is 0.379. The lowest BCUT2D eigenvalue weighted by molar-refractivity contribution is -0.122. The van der Waals surface area contributed by atoms with Crippen LogP contribution in [0.2, 0.25) is 0 Å². The van der Waals surface area contributed by atoms with E-state index in [1.54, 1.807) is 0 Å². The van der Waals surface area contributed by atoms with Gasteiger partial charge in [0, 0.05) is 49.5 Å². The Labute approximate surface area is 113 Å². The summed E-state index contributed by atoms with van der Waals surface area (Å²) >= 11 is 0. The molecular weight excluding hydrogens is 240 g/mol. The molecular formula is C14H20N4O. The van der Waals surface area contributed by atoms with Crippen LogP contribution in [-0.4, -0.2) is 55.0 Å². The lowest BCUT2D eigenvalue weighted by atomic mass is 9.96. The Morgan fingerprint density at radius 1 is 1.26 bits per heavy atom. The second kappa shape index (κ2) is 4.83. The standard InChI is InChI=1S/C14H20N4O/c1-17-5-7-18(8-6-17)13-9-10-11(15)3-2-4-12(10)16-14(13)19/h2-4,13H,5-9,15H2,1H3,(H,16,19). The summed E-state index contributed by atoms with van der Waals surface area (Å²) in [5, 5.41) is 2.99. The van der Waals surface area contributed by atoms with Gasteiger partial charge in [-0.15, -0.1) is 0 Å². The molecule has 0 spiro atoms. The van der Waals surface area contributed by atoms with Gasteiger partial charge in [0.05, 0.1) is 6.04 Å². The van der Waals surface area contributed by atoms with Crippen molar-refractivity contribution in [3.63, 3.8) is 0 Å². The van der Waals surface area contributed by atoms with E-state index in [0.29, 0.717) is 0 Å². The highest BCUT2D eigenvalue weighted by Gasteiger charge is 2.33. The zero-order valence-corrected chi connectivity index (χ0v) is 11.2. The summed E-state index contributed by atoms with van der Waals surface area (Å²) in [6.45, 7) is 3.91. The van der Waals surface area contributed by atoms with Crippen LogP contribution in [0.15, 0.2) is 18.2 Å². The third-order valence-corrected chi connectivity index (χ3v) is 4.15. The number of carbonyl (C=O) groups excluding carboxylic acids is 1. The fraction of sp³-hybridized carbons (Fsp3) is 0.500. The Hall–Kier alpha value is -1.59. The first-order valence-electron chi connectivity index (χ1n) is 6.76. The van der Waals surface area contributed by atoms with E-state index < -0.39 is 0 Å². The fourth-order valence-electron chi connectivity index (χ4n) is 2.88. The molecule has 0 radical (unpaired) electrons. The van der Waals surface area contributed by atoms with Crippen molar-refractivity contribution in [2.45, 2.75) is 12.5 Å². The first-order chi connectivity index (χ1) is 9.15. The summed E-state index contributed by atoms with van der Waals surface area (Å²) in [6, 6.07) is 5.62. The summed E-state index contributed by atoms with van der Waals surface area (Å²) in [7, 11) is 2.12. The molecule has 3 N–H and O–H groups in total. The number of nitrogen functional groups attached to an aromatic ring is 1. The molecule has 0 saturated carbocycles. The van der Waals surface area contributed by atoms with Crippen LogP contribution < -0.4 is 11.1 Å². The number of hydrogen-bond donors (Lipinski definition) is 2. The lowest BCUT2D eigenvalue weighted by Gasteiger charge is -2.39. The maximum Gasteiger partial charge on any atom is 0.242 e. The van der Waals surface area contributed by atoms with Crippen molar-refractivity contribution in [2.75, 3.05) is 44.3 Å². The van der Waals surface area contributed by atoms with Gasteiger partial charge in [-0.3, -0.25) is 9.69 Å². The smallest absolute Gasteiger partial charge is 0.242 e. The number of amides is 1. The largest absolute Gasteiger partial charge is 0.398 e. The summed E-state index contributed by atoms with van der Waals surface area (Å²) < 4.78 is 0. The molecule has 19 heavy (non-hydrogen) atoms. The number of piperazine rings is 1. The molecule has 3 rings (SSSR count). The third-order valence-electron chi connectivity index (χ3n) is 4.15. The molecule has 1 aromatic carbocycles. The number of anilines is 2. The topological polar surface area (TPSA) is 61.6 Å². The summed E-state index contributed by atoms with van der Waals surface area (Å²) in [5.41, 5.74) is 8.74. The van der Waals surface area contributed by atoms with Crippen molar-refractivity contribution in [1.29, 1.82) is 0 Å². The maximum atomic E-state index is 12.2. The van der Waals surface area contributed by atoms with Crippen molar-refractivity contribution in [2.24, 2.45) is 0 Å². The Morgan fingerprint density at radius 2 is 2.00 bits per heavy atom. The highest BCUT2D eigenvalue weighted by Crippen LogP contribution is 2.29. The van der Waals surface area contributed by atoms with Gasteiger partial charge in [-0.1, -0.05) is 6.07 Å². The van der Waals surface area contributed by atoms with Gasteiger partial charge in [-0.05, 0) is 19.2 Å². The number of nitrogens with one attached hydrogen (secondary N) is 1. The highest BCUT2D eigenvalue weighted by molar-refractivity contribution is 5.99. The van der Waals surface area contributed by atoms with E-state index in [0.717, 1.165) is 49.5 Å². The molecule has 1 saturated heterocycles. The summed E-state index contributed by atoms with van der Waals surface area (Å²) in [6.07, 6.45) is 0.720. The normalized spacial score (nSPS) is 24.9. The van der Waals surface area contributed by atoms with Crippen LogP contribution in [0.3, 0.4) is 0 Å². The number of likely N-dealkylation sites (N-methyl/N-ethyl adjacent to an activating group) is 1. The van der Waals surface area contributed by atoms with E-state index in [4.69, 9.17) is 5.73 Å². The lowest BCUT2D eigenvalue weighted by Crippen LogP contribution is -2.55. The Morgan fingerprint density at radius 3 is 2.74 bits per heavy atom. The minimum absolute atomic E-state index is 0.0779. The number of nitrogens with zero attached hydrogens (tertiary/aromatic N) is 2. The molecule has 0 aromatic heterocycles. The molecule has 1 fully saturated rings. The van der Waals surface area contributed by atoms with Crippen molar-refractivity contribution in [3.05, 3.63) is 23.8 Å². The number of nitrogens with two attached hydrogens (primary N) is 1. The van der Waals surface area contributed by atoms with Gasteiger partial charge in [-0.25, -0.2) is 0 Å². The first kappa shape index (κ1) is 12.4. The molecule has 5 nitrogen and oxygen atoms in total. The predicted molar refractivity (Wildman–Crippen MR) is 76.0 cm³/mol. The molecule has 1 atom stereocenters. The maximum absolute atomic E-state index is 12.2. The quantitative estimate of drug-likeness (QED) is 0.717. The van der Waals surface area contributed by atoms with Crippen LogP contribution in [0.1, 0.15) is 5.56 Å². The van der Waals surface area contributed by atoms with E-state index in [2.05, 4.69) is 22.2 Å². The van der Waals surface area contributed by atoms with E-state index in [1.807, 2.05) is 18.2 Å². The van der Waals surface area contributed by atoms with Crippen molar-refractivity contribution in [3.8, 4) is 0 Å². The first-order valence-corrected chi connectivity index (χ1v) is 6.76. The minimum Gasteiger partial charge on any atom is -0.398 e. The molecule has 1 aromatic rings. The average Bonchev–Trinajstić information content (AvgIpc) is 2.40. The molecule has 5 heteroatoms. The van der Waals surface area contributed by atoms with Gasteiger partial charge in [-0.2, -0.15) is 0 Å². The average molecular weight is 260 g/mol. The number of carbonyl (C=O) groups is 1. The van der Waals surface area contributed by atoms with Crippen molar-refractivity contribution >= 4 is 17.3 Å². The molecule has 0 bridgehead atoms. The van der Waals surface area contributed by atoms with Crippen LogP contribution in [-0.2, 0) is 11.2 Å². The Balaban J connectivity index is 1.81. The summed E-state index contributed by atoms with van der Waals surface area (Å²) in [4.78, 5) is 16.8. The van der Waals surface area contributed by atoms with Gasteiger partial charge in [0.15, 0.2) is 0 Å². The van der Waals surface area contributed by atoms with Gasteiger partial charge in [0.25, 0.3) is 0 Å². The number of fused-ring (bicyclic) bond motifs is 1. The van der Waals surface area contributed by atoms with Crippen LogP contribution >= 0.6 is 0 Å². The van der Waals surface area contributed by atoms with Gasteiger partial charge < -0.3 is 16.0 Å². The second-order valence-corrected chi connectivity index (χ2v) is 5.42. The van der Waals surface area contributed by atoms with Crippen LogP contribution in [0.4, 0.5) is 11.4 Å². The molecule has 2 aliphatic heterocycles. The zero-order chi connectivity index (χ0) is 13.4. The van der Waals surface area contributed by atoms with E-state index in [9.17, 15) is 4.79 Å². The fourth-order valence-corrected chi connectivity index (χ4v) is 2.88. The molecule has 102 valence electrons. The molecule has 2 heterocycles. The third kappa shape index (κ3) is 2.31. The van der Waals surface area contributed by atoms with Crippen LogP contribution in [0.5, 0.6) is 0 Å². The van der Waals surface area contributed by atoms with Crippen molar-refractivity contribution in [1.82, 2.24) is 9.80 Å². The van der Waals surface area contributed by atoms with Gasteiger partial charge in [0.2, 0.25) is 5.91 Å². The number of rotatable bonds is 1. The Kier molecular flexibility index (Phi) is 3.16. The van der Waals surface area contributed by atoms with E-state index >= 15 is 0 Å². The van der Waals surface area contributed by atoms with Crippen LogP contribution in [0.25, 0.3) is 0 Å². The summed E-state index contributed by atoms with van der Waals surface area (Å²) in [5.74, 6) is 0.0997. The van der Waals surface area contributed by atoms with Crippen molar-refractivity contribution < 1.29 is 4.79 Å². The van der Waals surface area contributed by atoms with E-state index in [1.165, 1.54) is 0 Å². The SMILES string of the molecule is CN1CCN(C2Cc3c(N)cccc3NC2=O)CC1. The molecule has 1 unspecified atom stereocenters. The number of benzene rings is 1. The molecule has 0 aliphatic carbocycles. The molecule has 1 amide bonds.